The van der Waals surface area contributed by atoms with E-state index in [0.717, 1.165) is 16.5 Å². The van der Waals surface area contributed by atoms with Gasteiger partial charge in [-0.05, 0) is 29.1 Å². The van der Waals surface area contributed by atoms with Crippen molar-refractivity contribution in [2.24, 2.45) is 5.10 Å². The van der Waals surface area contributed by atoms with Gasteiger partial charge in [-0.2, -0.15) is 5.10 Å². The van der Waals surface area contributed by atoms with E-state index in [1.54, 1.807) is 24.3 Å². The van der Waals surface area contributed by atoms with Crippen LogP contribution < -0.4 is 10.7 Å². The number of amides is 1. The summed E-state index contributed by atoms with van der Waals surface area (Å²) in [6, 6.07) is 20.5. The van der Waals surface area contributed by atoms with Crippen LogP contribution in [0.4, 0.5) is 5.69 Å². The Kier molecular flexibility index (Phi) is 4.72. The Morgan fingerprint density at radius 2 is 1.83 bits per heavy atom. The van der Waals surface area contributed by atoms with E-state index >= 15 is 0 Å². The number of hydrogen-bond donors (Lipinski definition) is 3. The molecule has 0 aliphatic rings. The molecule has 3 aromatic carbocycles. The molecule has 0 aromatic heterocycles. The molecule has 0 unspecified atom stereocenters. The molecule has 0 aliphatic carbocycles. The number of nitrogens with one attached hydrogen (secondary N) is 2. The van der Waals surface area contributed by atoms with Gasteiger partial charge in [0.1, 0.15) is 5.75 Å². The van der Waals surface area contributed by atoms with Crippen molar-refractivity contribution in [2.75, 3.05) is 11.9 Å². The van der Waals surface area contributed by atoms with Crippen molar-refractivity contribution >= 4 is 28.6 Å². The van der Waals surface area contributed by atoms with Gasteiger partial charge in [0.15, 0.2) is 0 Å². The maximum atomic E-state index is 11.9. The molecule has 0 aliphatic heterocycles. The van der Waals surface area contributed by atoms with Crippen LogP contribution in [0.1, 0.15) is 5.56 Å². The van der Waals surface area contributed by atoms with Crippen LogP contribution in [0.15, 0.2) is 71.8 Å². The minimum atomic E-state index is -0.251. The number of hydrazone groups is 1. The molecule has 0 heterocycles. The summed E-state index contributed by atoms with van der Waals surface area (Å²) in [6.45, 7) is 0.116. The first kappa shape index (κ1) is 15.6. The molecular formula is C19H17N3O2. The Bertz CT molecular complexity index is 885. The number of rotatable bonds is 5. The van der Waals surface area contributed by atoms with Crippen molar-refractivity contribution < 1.29 is 9.90 Å². The minimum absolute atomic E-state index is 0.116. The molecule has 0 spiro atoms. The summed E-state index contributed by atoms with van der Waals surface area (Å²) < 4.78 is 0. The van der Waals surface area contributed by atoms with Crippen molar-refractivity contribution in [2.45, 2.75) is 0 Å². The fourth-order valence-electron chi connectivity index (χ4n) is 2.38. The number of carbonyl (C=O) groups is 1. The fourth-order valence-corrected chi connectivity index (χ4v) is 2.38. The van der Waals surface area contributed by atoms with Crippen LogP contribution in [0, 0.1) is 0 Å². The fraction of sp³-hybridized carbons (Fsp3) is 0.0526. The Hall–Kier alpha value is -3.34. The highest BCUT2D eigenvalue weighted by Gasteiger charge is 2.03. The number of benzene rings is 3. The second kappa shape index (κ2) is 7.28. The zero-order chi connectivity index (χ0) is 16.8. The summed E-state index contributed by atoms with van der Waals surface area (Å²) in [4.78, 5) is 11.9. The summed E-state index contributed by atoms with van der Waals surface area (Å²) in [5.74, 6) is -0.0952. The number of fused-ring (bicyclic) bond motifs is 1. The van der Waals surface area contributed by atoms with Crippen LogP contribution in [0.3, 0.4) is 0 Å². The first-order valence-electron chi connectivity index (χ1n) is 7.55. The molecule has 1 amide bonds. The van der Waals surface area contributed by atoms with Gasteiger partial charge in [-0.25, -0.2) is 5.43 Å². The topological polar surface area (TPSA) is 73.7 Å². The highest BCUT2D eigenvalue weighted by Crippen LogP contribution is 2.22. The second-order valence-corrected chi connectivity index (χ2v) is 5.27. The molecule has 5 heteroatoms. The smallest absolute Gasteiger partial charge is 0.259 e. The SMILES string of the molecule is O=C(CNc1cccc2ccccc12)N/N=C\c1cccc(O)c1. The van der Waals surface area contributed by atoms with Crippen LogP contribution in [-0.2, 0) is 4.79 Å². The van der Waals surface area contributed by atoms with Crippen molar-refractivity contribution in [1.29, 1.82) is 0 Å². The van der Waals surface area contributed by atoms with Gasteiger partial charge in [0, 0.05) is 11.1 Å². The molecular weight excluding hydrogens is 302 g/mol. The molecule has 0 saturated heterocycles. The number of carbonyl (C=O) groups excluding carboxylic acids is 1. The molecule has 3 aromatic rings. The van der Waals surface area contributed by atoms with Crippen molar-refractivity contribution in [3.63, 3.8) is 0 Å². The number of phenols is 1. The lowest BCUT2D eigenvalue weighted by molar-refractivity contribution is -0.119. The van der Waals surface area contributed by atoms with Gasteiger partial charge in [0.2, 0.25) is 0 Å². The summed E-state index contributed by atoms with van der Waals surface area (Å²) in [6.07, 6.45) is 1.48. The molecule has 3 N–H and O–H groups in total. The van der Waals surface area contributed by atoms with E-state index in [-0.39, 0.29) is 18.2 Å². The van der Waals surface area contributed by atoms with Gasteiger partial charge < -0.3 is 10.4 Å². The number of phenolic OH excluding ortho intramolecular Hbond substituents is 1. The van der Waals surface area contributed by atoms with Crippen LogP contribution in [-0.4, -0.2) is 23.8 Å². The Labute approximate surface area is 139 Å². The highest BCUT2D eigenvalue weighted by molar-refractivity contribution is 5.95. The van der Waals surface area contributed by atoms with E-state index in [4.69, 9.17) is 0 Å². The van der Waals surface area contributed by atoms with Crippen LogP contribution >= 0.6 is 0 Å². The standard InChI is InChI=1S/C19H17N3O2/c23-16-8-3-5-14(11-16)12-21-22-19(24)13-20-18-10-4-7-15-6-1-2-9-17(15)18/h1-12,20,23H,13H2,(H,22,24)/b21-12-. The van der Waals surface area contributed by atoms with E-state index in [9.17, 15) is 9.90 Å². The summed E-state index contributed by atoms with van der Waals surface area (Å²) in [5, 5.41) is 18.5. The van der Waals surface area contributed by atoms with Gasteiger partial charge >= 0.3 is 0 Å². The van der Waals surface area contributed by atoms with E-state index in [1.807, 2.05) is 42.5 Å². The maximum absolute atomic E-state index is 11.9. The normalized spacial score (nSPS) is 10.8. The molecule has 3 rings (SSSR count). The molecule has 0 radical (unpaired) electrons. The van der Waals surface area contributed by atoms with Gasteiger partial charge in [0.25, 0.3) is 5.91 Å². The minimum Gasteiger partial charge on any atom is -0.508 e. The summed E-state index contributed by atoms with van der Waals surface area (Å²) in [5.41, 5.74) is 4.06. The predicted octanol–water partition coefficient (Wildman–Crippen LogP) is 3.11. The molecule has 0 fully saturated rings. The monoisotopic (exact) mass is 319 g/mol. The Balaban J connectivity index is 1.57. The van der Waals surface area contributed by atoms with Gasteiger partial charge in [0.05, 0.1) is 12.8 Å². The van der Waals surface area contributed by atoms with Crippen molar-refractivity contribution in [3.05, 3.63) is 72.3 Å². The van der Waals surface area contributed by atoms with Crippen molar-refractivity contribution in [3.8, 4) is 5.75 Å². The first-order valence-corrected chi connectivity index (χ1v) is 7.55. The van der Waals surface area contributed by atoms with Gasteiger partial charge in [-0.15, -0.1) is 0 Å². The lowest BCUT2D eigenvalue weighted by Gasteiger charge is -2.08. The lowest BCUT2D eigenvalue weighted by atomic mass is 10.1. The van der Waals surface area contributed by atoms with E-state index in [1.165, 1.54) is 6.21 Å². The average Bonchev–Trinajstić information content (AvgIpc) is 2.60. The van der Waals surface area contributed by atoms with Crippen LogP contribution in [0.5, 0.6) is 5.75 Å². The molecule has 5 nitrogen and oxygen atoms in total. The van der Waals surface area contributed by atoms with Gasteiger partial charge in [-0.3, -0.25) is 4.79 Å². The van der Waals surface area contributed by atoms with E-state index in [2.05, 4.69) is 15.8 Å². The number of nitrogens with zero attached hydrogens (tertiary/aromatic N) is 1. The predicted molar refractivity (Wildman–Crippen MR) is 96.3 cm³/mol. The van der Waals surface area contributed by atoms with E-state index in [0.29, 0.717) is 5.56 Å². The summed E-state index contributed by atoms with van der Waals surface area (Å²) >= 11 is 0. The quantitative estimate of drug-likeness (QED) is 0.500. The third kappa shape index (κ3) is 3.89. The van der Waals surface area contributed by atoms with Crippen molar-refractivity contribution in [1.82, 2.24) is 5.43 Å². The lowest BCUT2D eigenvalue weighted by Crippen LogP contribution is -2.25. The molecule has 0 saturated carbocycles. The molecule has 120 valence electrons. The second-order valence-electron chi connectivity index (χ2n) is 5.27. The molecule has 0 bridgehead atoms. The molecule has 0 atom stereocenters. The Morgan fingerprint density at radius 3 is 2.71 bits per heavy atom. The van der Waals surface area contributed by atoms with Crippen LogP contribution in [0.2, 0.25) is 0 Å². The maximum Gasteiger partial charge on any atom is 0.259 e. The summed E-state index contributed by atoms with van der Waals surface area (Å²) in [7, 11) is 0. The number of aromatic hydroxyl groups is 1. The van der Waals surface area contributed by atoms with Gasteiger partial charge in [-0.1, -0.05) is 48.5 Å². The largest absolute Gasteiger partial charge is 0.508 e. The zero-order valence-corrected chi connectivity index (χ0v) is 12.9. The van der Waals surface area contributed by atoms with E-state index < -0.39 is 0 Å². The number of anilines is 1. The first-order chi connectivity index (χ1) is 11.7. The number of hydrogen-bond acceptors (Lipinski definition) is 4. The van der Waals surface area contributed by atoms with Crippen LogP contribution in [0.25, 0.3) is 10.8 Å². The molecule has 24 heavy (non-hydrogen) atoms. The Morgan fingerprint density at radius 1 is 1.04 bits per heavy atom. The zero-order valence-electron chi connectivity index (χ0n) is 12.9. The third-order valence-electron chi connectivity index (χ3n) is 3.50. The average molecular weight is 319 g/mol. The third-order valence-corrected chi connectivity index (χ3v) is 3.50. The highest BCUT2D eigenvalue weighted by atomic mass is 16.3.